The molecule has 0 aliphatic heterocycles. The third-order valence-electron chi connectivity index (χ3n) is 4.70. The largest absolute Gasteiger partial charge is 0.633 e. The van der Waals surface area contributed by atoms with Gasteiger partial charge < -0.3 is 9.85 Å². The van der Waals surface area contributed by atoms with Crippen molar-refractivity contribution < 1.29 is 4.65 Å². The third-order valence-corrected chi connectivity index (χ3v) is 4.70. The van der Waals surface area contributed by atoms with E-state index in [0.29, 0.717) is 13.1 Å². The van der Waals surface area contributed by atoms with Crippen molar-refractivity contribution in [3.63, 3.8) is 0 Å². The van der Waals surface area contributed by atoms with Crippen LogP contribution in [-0.2, 0) is 0 Å². The summed E-state index contributed by atoms with van der Waals surface area (Å²) in [6.45, 7) is 15.3. The summed E-state index contributed by atoms with van der Waals surface area (Å²) < 4.78 is -0.0449. The van der Waals surface area contributed by atoms with Crippen LogP contribution in [-0.4, -0.2) is 24.3 Å². The molecule has 0 amide bonds. The smallest absolute Gasteiger partial charge is 0.0821 e. The predicted octanol–water partition coefficient (Wildman–Crippen LogP) is 5.92. The molecule has 2 nitrogen and oxygen atoms in total. The zero-order valence-electron chi connectivity index (χ0n) is 15.5. The second kappa shape index (κ2) is 11.3. The highest BCUT2D eigenvalue weighted by Gasteiger charge is 2.10. The molecule has 0 radical (unpaired) electrons. The first-order chi connectivity index (χ1) is 9.83. The van der Waals surface area contributed by atoms with Crippen molar-refractivity contribution in [2.75, 3.05) is 19.6 Å². The highest BCUT2D eigenvalue weighted by molar-refractivity contribution is 4.97. The number of allylic oxidation sites excluding steroid dienone is 1. The average molecular weight is 298 g/mol. The van der Waals surface area contributed by atoms with Gasteiger partial charge in [-0.05, 0) is 45.4 Å². The van der Waals surface area contributed by atoms with E-state index in [1.165, 1.54) is 37.7 Å². The highest BCUT2D eigenvalue weighted by atomic mass is 16.5. The number of hydrogen-bond acceptors (Lipinski definition) is 1. The van der Waals surface area contributed by atoms with Crippen LogP contribution in [0, 0.1) is 17.0 Å². The van der Waals surface area contributed by atoms with E-state index >= 15 is 0 Å². The van der Waals surface area contributed by atoms with E-state index in [1.54, 1.807) is 0 Å². The third kappa shape index (κ3) is 11.0. The number of nitrogens with zero attached hydrogens (tertiary/aromatic N) is 1. The molecule has 21 heavy (non-hydrogen) atoms. The molecule has 1 atom stereocenters. The molecule has 0 N–H and O–H groups in total. The van der Waals surface area contributed by atoms with Crippen molar-refractivity contribution in [2.24, 2.45) is 11.8 Å². The SMILES string of the molecule is CC[N+]([O-])(CC)CC/C(C)=C/CCC(C)CCCC(C)C. The Morgan fingerprint density at radius 3 is 2.19 bits per heavy atom. The molecule has 0 heterocycles. The first-order valence-electron chi connectivity index (χ1n) is 9.05. The van der Waals surface area contributed by atoms with Crippen molar-refractivity contribution in [1.82, 2.24) is 0 Å². The molecule has 2 heteroatoms. The molecule has 0 fully saturated rings. The lowest BCUT2D eigenvalue weighted by atomic mass is 9.95. The molecule has 0 aromatic rings. The van der Waals surface area contributed by atoms with Crippen molar-refractivity contribution in [1.29, 1.82) is 0 Å². The standard InChI is InChI=1S/C19H39NO/c1-7-20(21,8-2)16-15-19(6)14-10-13-18(5)12-9-11-17(3)4/h14,17-18H,7-13,15-16H2,1-6H3/b19-14+. The summed E-state index contributed by atoms with van der Waals surface area (Å²) in [6.07, 6.45) is 9.85. The van der Waals surface area contributed by atoms with Gasteiger partial charge in [0.25, 0.3) is 0 Å². The van der Waals surface area contributed by atoms with Crippen LogP contribution >= 0.6 is 0 Å². The van der Waals surface area contributed by atoms with Crippen LogP contribution in [0.3, 0.4) is 0 Å². The lowest BCUT2D eigenvalue weighted by Crippen LogP contribution is -2.42. The first-order valence-corrected chi connectivity index (χ1v) is 9.05. The number of hydroxylamine groups is 3. The van der Waals surface area contributed by atoms with Crippen molar-refractivity contribution in [2.45, 2.75) is 80.1 Å². The zero-order chi connectivity index (χ0) is 16.3. The normalized spacial score (nSPS) is 14.8. The van der Waals surface area contributed by atoms with Crippen LogP contribution in [0.5, 0.6) is 0 Å². The first kappa shape index (κ1) is 20.7. The van der Waals surface area contributed by atoms with Gasteiger partial charge in [0.15, 0.2) is 0 Å². The maximum absolute atomic E-state index is 12.2. The summed E-state index contributed by atoms with van der Waals surface area (Å²) in [5, 5.41) is 12.2. The van der Waals surface area contributed by atoms with Crippen LogP contribution in [0.2, 0.25) is 0 Å². The van der Waals surface area contributed by atoms with Gasteiger partial charge in [-0.3, -0.25) is 0 Å². The van der Waals surface area contributed by atoms with Crippen LogP contribution in [0.4, 0.5) is 0 Å². The van der Waals surface area contributed by atoms with Crippen LogP contribution < -0.4 is 0 Å². The van der Waals surface area contributed by atoms with Crippen LogP contribution in [0.25, 0.3) is 0 Å². The molecule has 0 spiro atoms. The summed E-state index contributed by atoms with van der Waals surface area (Å²) in [7, 11) is 0. The van der Waals surface area contributed by atoms with Gasteiger partial charge in [0.05, 0.1) is 19.6 Å². The molecular weight excluding hydrogens is 258 g/mol. The molecule has 0 aliphatic rings. The Morgan fingerprint density at radius 1 is 1.05 bits per heavy atom. The van der Waals surface area contributed by atoms with E-state index in [-0.39, 0.29) is 4.65 Å². The topological polar surface area (TPSA) is 23.1 Å². The molecule has 0 aromatic carbocycles. The second-order valence-electron chi connectivity index (χ2n) is 7.22. The monoisotopic (exact) mass is 297 g/mol. The number of hydrogen-bond donors (Lipinski definition) is 0. The van der Waals surface area contributed by atoms with Crippen molar-refractivity contribution in [3.8, 4) is 0 Å². The minimum atomic E-state index is -0.0449. The van der Waals surface area contributed by atoms with E-state index in [9.17, 15) is 5.21 Å². The second-order valence-corrected chi connectivity index (χ2v) is 7.22. The van der Waals surface area contributed by atoms with Gasteiger partial charge in [0, 0.05) is 6.42 Å². The maximum Gasteiger partial charge on any atom is 0.0821 e. The average Bonchev–Trinajstić information content (AvgIpc) is 2.44. The van der Waals surface area contributed by atoms with E-state index in [4.69, 9.17) is 0 Å². The Bertz CT molecular complexity index is 279. The molecule has 126 valence electrons. The van der Waals surface area contributed by atoms with E-state index in [2.05, 4.69) is 33.8 Å². The van der Waals surface area contributed by atoms with Gasteiger partial charge in [0.1, 0.15) is 0 Å². The Hall–Kier alpha value is -0.340. The zero-order valence-corrected chi connectivity index (χ0v) is 15.5. The summed E-state index contributed by atoms with van der Waals surface area (Å²) in [6, 6.07) is 0. The van der Waals surface area contributed by atoms with E-state index in [1.807, 2.05) is 13.8 Å². The molecule has 0 bridgehead atoms. The Balaban J connectivity index is 3.86. The van der Waals surface area contributed by atoms with E-state index < -0.39 is 0 Å². The summed E-state index contributed by atoms with van der Waals surface area (Å²) in [4.78, 5) is 0. The van der Waals surface area contributed by atoms with Crippen molar-refractivity contribution in [3.05, 3.63) is 16.9 Å². The minimum absolute atomic E-state index is 0.0449. The molecule has 0 saturated carbocycles. The fourth-order valence-corrected chi connectivity index (χ4v) is 2.66. The Kier molecular flexibility index (Phi) is 11.1. The van der Waals surface area contributed by atoms with Gasteiger partial charge in [0.2, 0.25) is 0 Å². The molecule has 1 unspecified atom stereocenters. The summed E-state index contributed by atoms with van der Waals surface area (Å²) in [5.41, 5.74) is 1.39. The van der Waals surface area contributed by atoms with Gasteiger partial charge in [-0.2, -0.15) is 0 Å². The number of rotatable bonds is 12. The van der Waals surface area contributed by atoms with Gasteiger partial charge in [-0.15, -0.1) is 0 Å². The molecule has 0 rings (SSSR count). The van der Waals surface area contributed by atoms with Gasteiger partial charge in [-0.25, -0.2) is 0 Å². The van der Waals surface area contributed by atoms with Crippen LogP contribution in [0.1, 0.15) is 80.1 Å². The fraction of sp³-hybridized carbons (Fsp3) is 0.895. The van der Waals surface area contributed by atoms with Crippen molar-refractivity contribution >= 4 is 0 Å². The maximum atomic E-state index is 12.2. The molecule has 0 aromatic heterocycles. The highest BCUT2D eigenvalue weighted by Crippen LogP contribution is 2.18. The number of quaternary nitrogens is 1. The quantitative estimate of drug-likeness (QED) is 0.249. The predicted molar refractivity (Wildman–Crippen MR) is 95.0 cm³/mol. The lowest BCUT2D eigenvalue weighted by Gasteiger charge is -2.41. The molecular formula is C19H39NO. The fourth-order valence-electron chi connectivity index (χ4n) is 2.66. The van der Waals surface area contributed by atoms with Gasteiger partial charge >= 0.3 is 0 Å². The Morgan fingerprint density at radius 2 is 1.67 bits per heavy atom. The Labute approximate surface area is 133 Å². The summed E-state index contributed by atoms with van der Waals surface area (Å²) >= 11 is 0. The van der Waals surface area contributed by atoms with Gasteiger partial charge in [-0.1, -0.05) is 51.7 Å². The minimum Gasteiger partial charge on any atom is -0.633 e. The lowest BCUT2D eigenvalue weighted by molar-refractivity contribution is -0.876. The molecule has 0 saturated heterocycles. The molecule has 0 aliphatic carbocycles. The van der Waals surface area contributed by atoms with E-state index in [0.717, 1.165) is 24.8 Å². The summed E-state index contributed by atoms with van der Waals surface area (Å²) in [5.74, 6) is 1.66. The van der Waals surface area contributed by atoms with Crippen LogP contribution in [0.15, 0.2) is 11.6 Å².